The van der Waals surface area contributed by atoms with E-state index in [0.717, 1.165) is 51.4 Å². The molecule has 0 aliphatic carbocycles. The Morgan fingerprint density at radius 3 is 1.29 bits per heavy atom. The summed E-state index contributed by atoms with van der Waals surface area (Å²) in [6.07, 6.45) is 50.8. The number of quaternary nitrogens is 1. The van der Waals surface area contributed by atoms with Crippen LogP contribution in [0.3, 0.4) is 0 Å². The summed E-state index contributed by atoms with van der Waals surface area (Å²) in [5, 5.41) is 0. The van der Waals surface area contributed by atoms with Crippen LogP contribution in [-0.2, 0) is 32.7 Å². The number of carbonyl (C=O) groups is 2. The molecule has 0 saturated heterocycles. The van der Waals surface area contributed by atoms with Crippen LogP contribution >= 0.6 is 7.82 Å². The van der Waals surface area contributed by atoms with Crippen molar-refractivity contribution in [1.82, 2.24) is 0 Å². The van der Waals surface area contributed by atoms with Crippen molar-refractivity contribution in [3.63, 3.8) is 0 Å². The van der Waals surface area contributed by atoms with E-state index in [4.69, 9.17) is 18.5 Å². The Labute approximate surface area is 383 Å². The molecule has 0 aromatic heterocycles. The lowest BCUT2D eigenvalue weighted by Crippen LogP contribution is -2.37. The molecule has 0 amide bonds. The smallest absolute Gasteiger partial charge is 0.462 e. The normalized spacial score (nSPS) is 13.6. The third-order valence-corrected chi connectivity index (χ3v) is 12.5. The molecule has 0 fully saturated rings. The van der Waals surface area contributed by atoms with Crippen molar-refractivity contribution in [3.8, 4) is 0 Å². The summed E-state index contributed by atoms with van der Waals surface area (Å²) in [5.41, 5.74) is 0. The van der Waals surface area contributed by atoms with Crippen LogP contribution in [0, 0.1) is 0 Å². The van der Waals surface area contributed by atoms with E-state index in [1.807, 2.05) is 21.1 Å². The molecule has 0 rings (SSSR count). The van der Waals surface area contributed by atoms with Gasteiger partial charge in [0.1, 0.15) is 19.8 Å². The average Bonchev–Trinajstić information content (AvgIpc) is 3.23. The number of unbranched alkanes of at least 4 members (excludes halogenated alkanes) is 30. The molecule has 366 valence electrons. The van der Waals surface area contributed by atoms with Crippen LogP contribution in [-0.4, -0.2) is 74.9 Å². The topological polar surface area (TPSA) is 108 Å². The van der Waals surface area contributed by atoms with Gasteiger partial charge in [0.05, 0.1) is 27.7 Å². The van der Waals surface area contributed by atoms with Gasteiger partial charge in [0.25, 0.3) is 0 Å². The van der Waals surface area contributed by atoms with E-state index in [-0.39, 0.29) is 25.6 Å². The Kier molecular flexibility index (Phi) is 43.6. The Bertz CT molecular complexity index is 1110. The summed E-state index contributed by atoms with van der Waals surface area (Å²) in [7, 11) is 1.48. The molecule has 0 spiro atoms. The standard InChI is InChI=1S/C52H100NO8P/c1-6-8-10-12-14-16-18-20-22-24-26-27-29-30-32-34-36-38-40-42-44-51(54)58-48-50(49-60-62(56,57)59-47-46-53(3,4)5)61-52(55)45-43-41-39-37-35-33-31-28-25-23-21-19-17-15-13-11-9-7-2/h17,19,23,25,50H,6-16,18,20-22,24,26-49H2,1-5H3/p+1/b19-17-,25-23-. The maximum atomic E-state index is 12.8. The van der Waals surface area contributed by atoms with Crippen LogP contribution in [0.25, 0.3) is 0 Å². The van der Waals surface area contributed by atoms with Crippen molar-refractivity contribution in [2.75, 3.05) is 47.5 Å². The van der Waals surface area contributed by atoms with Gasteiger partial charge in [0.2, 0.25) is 0 Å². The fourth-order valence-electron chi connectivity index (χ4n) is 7.40. The fourth-order valence-corrected chi connectivity index (χ4v) is 8.14. The third-order valence-electron chi connectivity index (χ3n) is 11.5. The van der Waals surface area contributed by atoms with Crippen LogP contribution < -0.4 is 0 Å². The fraction of sp³-hybridized carbons (Fsp3) is 0.885. The van der Waals surface area contributed by atoms with E-state index in [2.05, 4.69) is 38.2 Å². The van der Waals surface area contributed by atoms with Gasteiger partial charge in [-0.15, -0.1) is 0 Å². The molecule has 10 heteroatoms. The van der Waals surface area contributed by atoms with Crippen molar-refractivity contribution in [2.45, 2.75) is 251 Å². The lowest BCUT2D eigenvalue weighted by Gasteiger charge is -2.24. The van der Waals surface area contributed by atoms with Gasteiger partial charge in [0, 0.05) is 12.8 Å². The summed E-state index contributed by atoms with van der Waals surface area (Å²) in [6, 6.07) is 0. The number of ether oxygens (including phenoxy) is 2. The first kappa shape index (κ1) is 60.5. The van der Waals surface area contributed by atoms with Gasteiger partial charge in [-0.2, -0.15) is 0 Å². The number of phosphoric acid groups is 1. The summed E-state index contributed by atoms with van der Waals surface area (Å²) in [4.78, 5) is 35.6. The van der Waals surface area contributed by atoms with Gasteiger partial charge in [-0.1, -0.05) is 212 Å². The van der Waals surface area contributed by atoms with Gasteiger partial charge in [-0.3, -0.25) is 18.6 Å². The Balaban J connectivity index is 4.22. The molecule has 0 saturated carbocycles. The van der Waals surface area contributed by atoms with Crippen molar-refractivity contribution in [1.29, 1.82) is 0 Å². The van der Waals surface area contributed by atoms with E-state index in [1.165, 1.54) is 161 Å². The highest BCUT2D eigenvalue weighted by atomic mass is 31.2. The zero-order valence-corrected chi connectivity index (χ0v) is 42.3. The largest absolute Gasteiger partial charge is 0.472 e. The minimum Gasteiger partial charge on any atom is -0.462 e. The molecule has 2 atom stereocenters. The number of esters is 2. The maximum Gasteiger partial charge on any atom is 0.472 e. The van der Waals surface area contributed by atoms with E-state index in [9.17, 15) is 19.0 Å². The Hall–Kier alpha value is -1.51. The highest BCUT2D eigenvalue weighted by Crippen LogP contribution is 2.43. The van der Waals surface area contributed by atoms with Crippen LogP contribution in [0.5, 0.6) is 0 Å². The number of likely N-dealkylation sites (N-methyl/N-ethyl adjacent to an activating group) is 1. The highest BCUT2D eigenvalue weighted by Gasteiger charge is 2.27. The molecule has 1 N–H and O–H groups in total. The summed E-state index contributed by atoms with van der Waals surface area (Å²) in [6.45, 7) is 4.44. The number of carbonyl (C=O) groups excluding carboxylic acids is 2. The molecule has 9 nitrogen and oxygen atoms in total. The van der Waals surface area contributed by atoms with Crippen molar-refractivity contribution < 1.29 is 42.1 Å². The lowest BCUT2D eigenvalue weighted by atomic mass is 10.0. The van der Waals surface area contributed by atoms with Gasteiger partial charge in [-0.25, -0.2) is 4.57 Å². The van der Waals surface area contributed by atoms with Crippen molar-refractivity contribution in [2.24, 2.45) is 0 Å². The quantitative estimate of drug-likeness (QED) is 0.0211. The average molecular weight is 899 g/mol. The number of hydrogen-bond acceptors (Lipinski definition) is 7. The monoisotopic (exact) mass is 899 g/mol. The molecule has 0 aliphatic rings. The number of nitrogens with zero attached hydrogens (tertiary/aromatic N) is 1. The first-order valence-electron chi connectivity index (χ1n) is 26.1. The maximum absolute atomic E-state index is 12.8. The molecule has 0 radical (unpaired) electrons. The Morgan fingerprint density at radius 2 is 0.871 bits per heavy atom. The number of rotatable bonds is 48. The minimum absolute atomic E-state index is 0.0322. The summed E-state index contributed by atoms with van der Waals surface area (Å²) >= 11 is 0. The van der Waals surface area contributed by atoms with Crippen LogP contribution in [0.1, 0.15) is 245 Å². The highest BCUT2D eigenvalue weighted by molar-refractivity contribution is 7.47. The minimum atomic E-state index is -4.38. The van der Waals surface area contributed by atoms with Gasteiger partial charge in [0.15, 0.2) is 6.10 Å². The van der Waals surface area contributed by atoms with E-state index >= 15 is 0 Å². The van der Waals surface area contributed by atoms with Gasteiger partial charge >= 0.3 is 19.8 Å². The predicted molar refractivity (Wildman–Crippen MR) is 261 cm³/mol. The molecule has 0 bridgehead atoms. The second kappa shape index (κ2) is 44.7. The van der Waals surface area contributed by atoms with E-state index < -0.39 is 26.5 Å². The van der Waals surface area contributed by atoms with Crippen LogP contribution in [0.15, 0.2) is 24.3 Å². The first-order chi connectivity index (χ1) is 30.0. The predicted octanol–water partition coefficient (Wildman–Crippen LogP) is 15.5. The van der Waals surface area contributed by atoms with E-state index in [1.54, 1.807) is 0 Å². The zero-order chi connectivity index (χ0) is 45.7. The lowest BCUT2D eigenvalue weighted by molar-refractivity contribution is -0.870. The molecule has 0 aromatic carbocycles. The van der Waals surface area contributed by atoms with Crippen molar-refractivity contribution in [3.05, 3.63) is 24.3 Å². The molecule has 0 aliphatic heterocycles. The number of hydrogen-bond donors (Lipinski definition) is 1. The van der Waals surface area contributed by atoms with Gasteiger partial charge in [-0.05, 0) is 44.9 Å². The molecular formula is C52H101NO8P+. The third kappa shape index (κ3) is 48.0. The van der Waals surface area contributed by atoms with Crippen LogP contribution in [0.4, 0.5) is 0 Å². The zero-order valence-electron chi connectivity index (χ0n) is 41.4. The molecule has 2 unspecified atom stereocenters. The van der Waals surface area contributed by atoms with E-state index in [0.29, 0.717) is 23.9 Å². The van der Waals surface area contributed by atoms with Gasteiger partial charge < -0.3 is 18.9 Å². The Morgan fingerprint density at radius 1 is 0.500 bits per heavy atom. The summed E-state index contributed by atoms with van der Waals surface area (Å²) in [5.74, 6) is -0.794. The molecule has 62 heavy (non-hydrogen) atoms. The van der Waals surface area contributed by atoms with Crippen molar-refractivity contribution >= 4 is 19.8 Å². The second-order valence-electron chi connectivity index (χ2n) is 18.9. The molecule has 0 heterocycles. The second-order valence-corrected chi connectivity index (χ2v) is 20.4. The number of phosphoric ester groups is 1. The van der Waals surface area contributed by atoms with Crippen LogP contribution in [0.2, 0.25) is 0 Å². The first-order valence-corrected chi connectivity index (χ1v) is 27.6. The molecular weight excluding hydrogens is 798 g/mol. The SMILES string of the molecule is CCCCCC/C=C\C/C=C\CCCCCCCCCC(=O)OC(COC(=O)CCCCCCCCCCCCCCCCCCCCCC)COP(=O)(O)OCC[N+](C)(C)C. The summed E-state index contributed by atoms with van der Waals surface area (Å²) < 4.78 is 34.5. The number of allylic oxidation sites excluding steroid dienone is 4. The molecule has 0 aromatic rings.